The number of hydrogen-bond acceptors (Lipinski definition) is 6. The highest BCUT2D eigenvalue weighted by Gasteiger charge is 2.65. The van der Waals surface area contributed by atoms with Crippen molar-refractivity contribution in [3.63, 3.8) is 0 Å². The lowest BCUT2D eigenvalue weighted by molar-refractivity contribution is -0.168. The van der Waals surface area contributed by atoms with Gasteiger partial charge >= 0.3 is 0 Å². The SMILES string of the molecule is CC1(C)[C@H]2CC[C@@]1(C)C(=O)N(CC#CCN1CCN(CC#CCN3C(=O)[C@@H]4CC[C@](C)(C3=O)C4(C)C)CC1)C2=O. The van der Waals surface area contributed by atoms with Crippen LogP contribution in [0, 0.1) is 57.2 Å². The summed E-state index contributed by atoms with van der Waals surface area (Å²) in [7, 11) is 0. The summed E-state index contributed by atoms with van der Waals surface area (Å²) in [5.74, 6) is 12.1. The molecule has 5 fully saturated rings. The third kappa shape index (κ3) is 4.22. The molecule has 40 heavy (non-hydrogen) atoms. The second-order valence-corrected chi connectivity index (χ2v) is 14.0. The van der Waals surface area contributed by atoms with Crippen molar-refractivity contribution >= 4 is 23.6 Å². The van der Waals surface area contributed by atoms with Gasteiger partial charge in [0.15, 0.2) is 0 Å². The molecule has 0 aromatic carbocycles. The first-order valence-corrected chi connectivity index (χ1v) is 14.8. The molecule has 3 saturated heterocycles. The fourth-order valence-electron chi connectivity index (χ4n) is 7.81. The average molecular weight is 549 g/mol. The van der Waals surface area contributed by atoms with Gasteiger partial charge in [-0.3, -0.25) is 38.8 Å². The molecule has 2 saturated carbocycles. The molecular weight excluding hydrogens is 504 g/mol. The zero-order chi connectivity index (χ0) is 29.1. The maximum atomic E-state index is 13.1. The highest BCUT2D eigenvalue weighted by Crippen LogP contribution is 2.61. The molecular formula is C32H44N4O4. The highest BCUT2D eigenvalue weighted by atomic mass is 16.2. The van der Waals surface area contributed by atoms with Crippen molar-refractivity contribution < 1.29 is 19.2 Å². The molecule has 0 radical (unpaired) electrons. The monoisotopic (exact) mass is 548 g/mol. The molecule has 0 aromatic heterocycles. The number of fused-ring (bicyclic) bond motifs is 4. The Hall–Kier alpha value is -2.68. The summed E-state index contributed by atoms with van der Waals surface area (Å²) in [6, 6.07) is 0. The summed E-state index contributed by atoms with van der Waals surface area (Å²) in [6.07, 6.45) is 3.08. The normalized spacial score (nSPS) is 35.0. The fraction of sp³-hybridized carbons (Fsp3) is 0.750. The molecule has 8 heteroatoms. The van der Waals surface area contributed by atoms with Crippen molar-refractivity contribution in [2.75, 3.05) is 52.4 Å². The van der Waals surface area contributed by atoms with Gasteiger partial charge in [-0.05, 0) is 36.5 Å². The Labute approximate surface area is 239 Å². The molecule has 5 rings (SSSR count). The number of piperazine rings is 1. The van der Waals surface area contributed by atoms with Gasteiger partial charge in [0.05, 0.1) is 37.0 Å². The van der Waals surface area contributed by atoms with Gasteiger partial charge in [-0.1, -0.05) is 65.2 Å². The number of carbonyl (C=O) groups is 4. The van der Waals surface area contributed by atoms with E-state index in [0.717, 1.165) is 51.9 Å². The predicted octanol–water partition coefficient (Wildman–Crippen LogP) is 2.23. The van der Waals surface area contributed by atoms with Crippen molar-refractivity contribution in [1.29, 1.82) is 0 Å². The van der Waals surface area contributed by atoms with Crippen molar-refractivity contribution in [3.05, 3.63) is 0 Å². The van der Waals surface area contributed by atoms with Gasteiger partial charge in [0.2, 0.25) is 23.6 Å². The smallest absolute Gasteiger partial charge is 0.236 e. The second-order valence-electron chi connectivity index (χ2n) is 14.0. The largest absolute Gasteiger partial charge is 0.290 e. The summed E-state index contributed by atoms with van der Waals surface area (Å²) in [4.78, 5) is 59.5. The predicted molar refractivity (Wildman–Crippen MR) is 151 cm³/mol. The molecule has 4 atom stereocenters. The molecule has 4 amide bonds. The number of nitrogens with zero attached hydrogens (tertiary/aromatic N) is 4. The second kappa shape index (κ2) is 10.00. The van der Waals surface area contributed by atoms with Gasteiger partial charge in [0, 0.05) is 38.0 Å². The van der Waals surface area contributed by atoms with Gasteiger partial charge in [-0.25, -0.2) is 0 Å². The van der Waals surface area contributed by atoms with Gasteiger partial charge in [0.1, 0.15) is 0 Å². The zero-order valence-corrected chi connectivity index (χ0v) is 25.1. The zero-order valence-electron chi connectivity index (χ0n) is 25.1. The molecule has 0 spiro atoms. The third-order valence-electron chi connectivity index (χ3n) is 11.8. The van der Waals surface area contributed by atoms with E-state index in [1.54, 1.807) is 0 Å². The molecule has 0 aromatic rings. The van der Waals surface area contributed by atoms with E-state index in [-0.39, 0.29) is 59.4 Å². The van der Waals surface area contributed by atoms with Crippen LogP contribution in [-0.2, 0) is 19.2 Å². The summed E-state index contributed by atoms with van der Waals surface area (Å²) >= 11 is 0. The van der Waals surface area contributed by atoms with Crippen LogP contribution in [0.3, 0.4) is 0 Å². The molecule has 0 N–H and O–H groups in total. The van der Waals surface area contributed by atoms with Gasteiger partial charge in [0.25, 0.3) is 0 Å². The first kappa shape index (κ1) is 28.8. The maximum absolute atomic E-state index is 13.1. The number of amides is 4. The van der Waals surface area contributed by atoms with E-state index in [2.05, 4.69) is 61.2 Å². The van der Waals surface area contributed by atoms with Crippen LogP contribution < -0.4 is 0 Å². The average Bonchev–Trinajstić information content (AvgIpc) is 3.22. The van der Waals surface area contributed by atoms with E-state index >= 15 is 0 Å². The molecule has 3 heterocycles. The van der Waals surface area contributed by atoms with Crippen LogP contribution >= 0.6 is 0 Å². The number of rotatable bonds is 4. The lowest BCUT2D eigenvalue weighted by Crippen LogP contribution is -2.59. The highest BCUT2D eigenvalue weighted by molar-refractivity contribution is 6.04. The third-order valence-corrected chi connectivity index (χ3v) is 11.8. The molecule has 216 valence electrons. The van der Waals surface area contributed by atoms with E-state index in [4.69, 9.17) is 0 Å². The van der Waals surface area contributed by atoms with Crippen molar-refractivity contribution in [2.24, 2.45) is 33.5 Å². The Morgan fingerprint density at radius 2 is 0.900 bits per heavy atom. The number of likely N-dealkylation sites (tertiary alicyclic amines) is 2. The number of carbonyl (C=O) groups excluding carboxylic acids is 4. The van der Waals surface area contributed by atoms with E-state index in [1.807, 2.05) is 13.8 Å². The summed E-state index contributed by atoms with van der Waals surface area (Å²) < 4.78 is 0. The van der Waals surface area contributed by atoms with Gasteiger partial charge in [-0.15, -0.1) is 0 Å². The van der Waals surface area contributed by atoms with Crippen molar-refractivity contribution in [1.82, 2.24) is 19.6 Å². The maximum Gasteiger partial charge on any atom is 0.236 e. The molecule has 5 aliphatic rings. The summed E-state index contributed by atoms with van der Waals surface area (Å²) in [5.41, 5.74) is -1.57. The number of piperidine rings is 2. The van der Waals surface area contributed by atoms with Gasteiger partial charge in [-0.2, -0.15) is 0 Å². The molecule has 0 unspecified atom stereocenters. The molecule has 8 nitrogen and oxygen atoms in total. The first-order chi connectivity index (χ1) is 18.8. The fourth-order valence-corrected chi connectivity index (χ4v) is 7.81. The van der Waals surface area contributed by atoms with Gasteiger partial charge < -0.3 is 0 Å². The minimum absolute atomic E-state index is 0.0617. The van der Waals surface area contributed by atoms with E-state index < -0.39 is 10.8 Å². The van der Waals surface area contributed by atoms with Crippen LogP contribution in [0.2, 0.25) is 0 Å². The Kier molecular flexibility index (Phi) is 7.21. The lowest BCUT2D eigenvalue weighted by Gasteiger charge is -2.47. The lowest BCUT2D eigenvalue weighted by atomic mass is 9.62. The minimum atomic E-state index is -0.486. The quantitative estimate of drug-likeness (QED) is 0.396. The Bertz CT molecular complexity index is 1140. The molecule has 3 aliphatic heterocycles. The van der Waals surface area contributed by atoms with Crippen LogP contribution in [0.15, 0.2) is 0 Å². The van der Waals surface area contributed by atoms with Crippen LogP contribution in [0.4, 0.5) is 0 Å². The topological polar surface area (TPSA) is 81.2 Å². The summed E-state index contributed by atoms with van der Waals surface area (Å²) in [6.45, 7) is 17.2. The minimum Gasteiger partial charge on any atom is -0.290 e. The number of imide groups is 2. The van der Waals surface area contributed by atoms with E-state index in [9.17, 15) is 19.2 Å². The number of hydrogen-bond donors (Lipinski definition) is 0. The van der Waals surface area contributed by atoms with Crippen LogP contribution in [0.5, 0.6) is 0 Å². The standard InChI is InChI=1S/C32H44N4O4/c1-29(2)23-11-13-31(29,5)27(39)35(25(23)37)17-9-7-15-33-19-21-34(22-20-33)16-8-10-18-36-26(38)24-12-14-32(6,28(36)40)30(24,3)4/h23-24H,11-22H2,1-6H3/t23-,24-,31-,32+/m0/s1. The Morgan fingerprint density at radius 1 is 0.575 bits per heavy atom. The molecule has 4 bridgehead atoms. The van der Waals surface area contributed by atoms with E-state index in [0.29, 0.717) is 13.1 Å². The summed E-state index contributed by atoms with van der Waals surface area (Å²) in [5, 5.41) is 0. The Morgan fingerprint density at radius 3 is 1.25 bits per heavy atom. The van der Waals surface area contributed by atoms with Crippen LogP contribution in [0.25, 0.3) is 0 Å². The first-order valence-electron chi connectivity index (χ1n) is 14.8. The van der Waals surface area contributed by atoms with Crippen molar-refractivity contribution in [3.8, 4) is 23.7 Å². The van der Waals surface area contributed by atoms with E-state index in [1.165, 1.54) is 9.80 Å². The Balaban J connectivity index is 1.05. The molecule has 2 aliphatic carbocycles. The van der Waals surface area contributed by atoms with Crippen LogP contribution in [-0.4, -0.2) is 95.6 Å². The van der Waals surface area contributed by atoms with Crippen molar-refractivity contribution in [2.45, 2.75) is 67.2 Å². The van der Waals surface area contributed by atoms with Crippen LogP contribution in [0.1, 0.15) is 67.2 Å².